The topological polar surface area (TPSA) is 74.8 Å². The number of nitrogens with one attached hydrogen (secondary N) is 1. The number of carbonyl (C=O) groups excluding carboxylic acids is 2. The fourth-order valence-electron chi connectivity index (χ4n) is 3.86. The van der Waals surface area contributed by atoms with Crippen molar-refractivity contribution >= 4 is 28.3 Å². The summed E-state index contributed by atoms with van der Waals surface area (Å²) in [6.07, 6.45) is 4.26. The zero-order valence-electron chi connectivity index (χ0n) is 18.6. The van der Waals surface area contributed by atoms with Gasteiger partial charge in [0.25, 0.3) is 5.91 Å². The van der Waals surface area contributed by atoms with Gasteiger partial charge in [0, 0.05) is 32.7 Å². The highest BCUT2D eigenvalue weighted by Crippen LogP contribution is 2.28. The molecular weight excluding hydrogens is 412 g/mol. The molecule has 0 spiro atoms. The van der Waals surface area contributed by atoms with Crippen LogP contribution in [0.25, 0.3) is 0 Å². The lowest BCUT2D eigenvalue weighted by Crippen LogP contribution is -2.44. The smallest absolute Gasteiger partial charge is 0.263 e. The minimum Gasteiger partial charge on any atom is -0.497 e. The first-order chi connectivity index (χ1) is 15.0. The van der Waals surface area contributed by atoms with E-state index in [4.69, 9.17) is 4.74 Å². The molecule has 0 bridgehead atoms. The Morgan fingerprint density at radius 2 is 2.00 bits per heavy atom. The summed E-state index contributed by atoms with van der Waals surface area (Å²) < 4.78 is 5.16. The minimum absolute atomic E-state index is 0.000627. The van der Waals surface area contributed by atoms with Gasteiger partial charge in [-0.25, -0.2) is 4.98 Å². The number of rotatable bonds is 9. The SMILES string of the molecule is CCN(CC)C(=O)C1CCCN(c2ncc(C(=O)NCCc3ccc(OC)cc3)s2)C1. The predicted molar refractivity (Wildman–Crippen MR) is 124 cm³/mol. The number of hydrogen-bond donors (Lipinski definition) is 1. The Labute approximate surface area is 188 Å². The molecule has 2 aromatic rings. The molecule has 1 aromatic carbocycles. The lowest BCUT2D eigenvalue weighted by molar-refractivity contribution is -0.135. The van der Waals surface area contributed by atoms with E-state index in [0.29, 0.717) is 18.0 Å². The van der Waals surface area contributed by atoms with E-state index in [1.807, 2.05) is 43.0 Å². The molecule has 31 heavy (non-hydrogen) atoms. The van der Waals surface area contributed by atoms with Gasteiger partial charge in [0.15, 0.2) is 5.13 Å². The molecule has 0 saturated carbocycles. The maximum Gasteiger partial charge on any atom is 0.263 e. The Hall–Kier alpha value is -2.61. The van der Waals surface area contributed by atoms with Crippen LogP contribution in [0.3, 0.4) is 0 Å². The fraction of sp³-hybridized carbons (Fsp3) is 0.522. The minimum atomic E-state index is -0.106. The molecule has 168 valence electrons. The van der Waals surface area contributed by atoms with Crippen LogP contribution in [0.2, 0.25) is 0 Å². The number of nitrogens with zero attached hydrogens (tertiary/aromatic N) is 3. The average molecular weight is 445 g/mol. The average Bonchev–Trinajstić information content (AvgIpc) is 3.31. The van der Waals surface area contributed by atoms with Gasteiger partial charge in [0.1, 0.15) is 10.6 Å². The number of ether oxygens (including phenoxy) is 1. The van der Waals surface area contributed by atoms with E-state index < -0.39 is 0 Å². The van der Waals surface area contributed by atoms with E-state index in [9.17, 15) is 9.59 Å². The van der Waals surface area contributed by atoms with Crippen LogP contribution in [0.15, 0.2) is 30.5 Å². The number of carbonyl (C=O) groups is 2. The second kappa shape index (κ2) is 11.1. The zero-order valence-corrected chi connectivity index (χ0v) is 19.4. The molecule has 2 heterocycles. The monoisotopic (exact) mass is 444 g/mol. The van der Waals surface area contributed by atoms with Gasteiger partial charge in [-0.3, -0.25) is 9.59 Å². The number of piperidine rings is 1. The maximum absolute atomic E-state index is 12.7. The van der Waals surface area contributed by atoms with E-state index in [2.05, 4.69) is 15.2 Å². The summed E-state index contributed by atoms with van der Waals surface area (Å²) in [7, 11) is 1.64. The van der Waals surface area contributed by atoms with Gasteiger partial charge in [-0.1, -0.05) is 23.5 Å². The fourth-order valence-corrected chi connectivity index (χ4v) is 4.73. The Morgan fingerprint density at radius 1 is 1.26 bits per heavy atom. The van der Waals surface area contributed by atoms with Crippen LogP contribution in [0, 0.1) is 5.92 Å². The van der Waals surface area contributed by atoms with Gasteiger partial charge >= 0.3 is 0 Å². The normalized spacial score (nSPS) is 16.1. The molecule has 1 saturated heterocycles. The Kier molecular flexibility index (Phi) is 8.28. The van der Waals surface area contributed by atoms with Crippen molar-refractivity contribution < 1.29 is 14.3 Å². The van der Waals surface area contributed by atoms with Crippen LogP contribution in [-0.4, -0.2) is 61.5 Å². The molecule has 0 radical (unpaired) electrons. The third kappa shape index (κ3) is 5.97. The van der Waals surface area contributed by atoms with Crippen LogP contribution < -0.4 is 15.0 Å². The molecule has 8 heteroatoms. The van der Waals surface area contributed by atoms with Crippen molar-refractivity contribution in [3.63, 3.8) is 0 Å². The summed E-state index contributed by atoms with van der Waals surface area (Å²) in [5.41, 5.74) is 1.14. The zero-order chi connectivity index (χ0) is 22.2. The lowest BCUT2D eigenvalue weighted by atomic mass is 9.97. The molecule has 3 rings (SSSR count). The van der Waals surface area contributed by atoms with E-state index in [0.717, 1.165) is 55.3 Å². The molecule has 7 nitrogen and oxygen atoms in total. The summed E-state index contributed by atoms with van der Waals surface area (Å²) in [4.78, 5) is 34.4. The van der Waals surface area contributed by atoms with Crippen molar-refractivity contribution in [1.29, 1.82) is 0 Å². The van der Waals surface area contributed by atoms with Crippen LogP contribution in [-0.2, 0) is 11.2 Å². The molecule has 1 unspecified atom stereocenters. The summed E-state index contributed by atoms with van der Waals surface area (Å²) in [5, 5.41) is 3.79. The predicted octanol–water partition coefficient (Wildman–Crippen LogP) is 3.21. The van der Waals surface area contributed by atoms with Crippen molar-refractivity contribution in [3.8, 4) is 5.75 Å². The first-order valence-electron chi connectivity index (χ1n) is 11.0. The van der Waals surface area contributed by atoms with Crippen molar-refractivity contribution in [2.75, 3.05) is 44.7 Å². The number of hydrogen-bond acceptors (Lipinski definition) is 6. The molecule has 1 N–H and O–H groups in total. The number of anilines is 1. The van der Waals surface area contributed by atoms with E-state index in [1.165, 1.54) is 11.3 Å². The Morgan fingerprint density at radius 3 is 2.68 bits per heavy atom. The first kappa shape index (κ1) is 23.1. The third-order valence-corrected chi connectivity index (χ3v) is 6.75. The summed E-state index contributed by atoms with van der Waals surface area (Å²) >= 11 is 1.39. The Balaban J connectivity index is 1.52. The summed E-state index contributed by atoms with van der Waals surface area (Å²) in [6, 6.07) is 7.84. The highest BCUT2D eigenvalue weighted by Gasteiger charge is 2.29. The van der Waals surface area contributed by atoms with Gasteiger partial charge in [0.2, 0.25) is 5.91 Å². The first-order valence-corrected chi connectivity index (χ1v) is 11.8. The van der Waals surface area contributed by atoms with Crippen LogP contribution >= 0.6 is 11.3 Å². The molecule has 1 atom stereocenters. The van der Waals surface area contributed by atoms with Gasteiger partial charge in [0.05, 0.1) is 19.2 Å². The highest BCUT2D eigenvalue weighted by molar-refractivity contribution is 7.17. The molecule has 2 amide bonds. The van der Waals surface area contributed by atoms with E-state index in [1.54, 1.807) is 13.3 Å². The lowest BCUT2D eigenvalue weighted by Gasteiger charge is -2.34. The number of amides is 2. The standard InChI is InChI=1S/C23H32N4O3S/c1-4-26(5-2)22(29)18-7-6-14-27(16-18)23-25-15-20(31-23)21(28)24-13-12-17-8-10-19(30-3)11-9-17/h8-11,15,18H,4-7,12-14,16H2,1-3H3,(H,24,28). The van der Waals surface area contributed by atoms with Crippen molar-refractivity contribution in [2.24, 2.45) is 5.92 Å². The quantitative estimate of drug-likeness (QED) is 0.643. The van der Waals surface area contributed by atoms with E-state index in [-0.39, 0.29) is 17.7 Å². The van der Waals surface area contributed by atoms with Crippen LogP contribution in [0.5, 0.6) is 5.75 Å². The number of aromatic nitrogens is 1. The molecular formula is C23H32N4O3S. The van der Waals surface area contributed by atoms with Gasteiger partial charge in [-0.05, 0) is 50.8 Å². The molecule has 1 aliphatic rings. The highest BCUT2D eigenvalue weighted by atomic mass is 32.1. The number of benzene rings is 1. The molecule has 0 aliphatic carbocycles. The van der Waals surface area contributed by atoms with Gasteiger partial charge < -0.3 is 19.9 Å². The van der Waals surface area contributed by atoms with Gasteiger partial charge in [-0.15, -0.1) is 0 Å². The second-order valence-electron chi connectivity index (χ2n) is 7.66. The second-order valence-corrected chi connectivity index (χ2v) is 8.67. The summed E-state index contributed by atoms with van der Waals surface area (Å²) in [6.45, 7) is 7.61. The molecule has 1 aliphatic heterocycles. The third-order valence-electron chi connectivity index (χ3n) is 5.69. The summed E-state index contributed by atoms with van der Waals surface area (Å²) in [5.74, 6) is 0.941. The van der Waals surface area contributed by atoms with Crippen molar-refractivity contribution in [3.05, 3.63) is 40.9 Å². The molecule has 1 fully saturated rings. The van der Waals surface area contributed by atoms with Crippen LogP contribution in [0.4, 0.5) is 5.13 Å². The van der Waals surface area contributed by atoms with E-state index >= 15 is 0 Å². The van der Waals surface area contributed by atoms with Gasteiger partial charge in [-0.2, -0.15) is 0 Å². The number of methoxy groups -OCH3 is 1. The van der Waals surface area contributed by atoms with Crippen molar-refractivity contribution in [1.82, 2.24) is 15.2 Å². The Bertz CT molecular complexity index is 864. The van der Waals surface area contributed by atoms with Crippen molar-refractivity contribution in [2.45, 2.75) is 33.1 Å². The number of thiazole rings is 1. The van der Waals surface area contributed by atoms with Crippen LogP contribution in [0.1, 0.15) is 41.9 Å². The molecule has 1 aromatic heterocycles. The largest absolute Gasteiger partial charge is 0.497 e. The maximum atomic E-state index is 12.7.